The number of anilines is 1. The molecular weight excluding hydrogens is 428 g/mol. The van der Waals surface area contributed by atoms with Gasteiger partial charge in [-0.05, 0) is 26.0 Å². The van der Waals surface area contributed by atoms with Crippen LogP contribution in [0.1, 0.15) is 35.9 Å². The molecule has 12 heteroatoms. The van der Waals surface area contributed by atoms with Gasteiger partial charge < -0.3 is 11.1 Å². The summed E-state index contributed by atoms with van der Waals surface area (Å²) in [5.74, 6) is -7.54. The van der Waals surface area contributed by atoms with Crippen LogP contribution in [0.3, 0.4) is 0 Å². The van der Waals surface area contributed by atoms with Crippen LogP contribution in [0.5, 0.6) is 0 Å². The average Bonchev–Trinajstić information content (AvgIpc) is 2.65. The van der Waals surface area contributed by atoms with Gasteiger partial charge in [0, 0.05) is 6.07 Å². The topological polar surface area (TPSA) is 115 Å². The Labute approximate surface area is 168 Å². The van der Waals surface area contributed by atoms with Crippen molar-refractivity contribution in [3.8, 4) is 0 Å². The van der Waals surface area contributed by atoms with E-state index in [0.717, 1.165) is 18.3 Å². The summed E-state index contributed by atoms with van der Waals surface area (Å²) in [5.41, 5.74) is 3.62. The number of rotatable bonds is 3. The van der Waals surface area contributed by atoms with E-state index < -0.39 is 66.8 Å². The second-order valence-electron chi connectivity index (χ2n) is 7.09. The SMILES string of the molecule is CC1(C)C(N)=NC(c2c(F)c(F)cc(NC(=O)c3ccc(F)cn3)c2F)CS1(=O)=O. The number of hydrogen-bond acceptors (Lipinski definition) is 6. The summed E-state index contributed by atoms with van der Waals surface area (Å²) in [6.07, 6.45) is 0.744. The molecular formula is C18H16F4N4O3S. The first-order valence-electron chi connectivity index (χ1n) is 8.51. The number of nitrogens with two attached hydrogens (primary N) is 1. The van der Waals surface area contributed by atoms with Crippen molar-refractivity contribution in [2.75, 3.05) is 11.1 Å². The highest BCUT2D eigenvalue weighted by Crippen LogP contribution is 2.37. The van der Waals surface area contributed by atoms with Crippen LogP contribution < -0.4 is 11.1 Å². The smallest absolute Gasteiger partial charge is 0.274 e. The molecule has 2 aromatic rings. The molecule has 1 aromatic heterocycles. The number of halogens is 4. The fraction of sp³-hybridized carbons (Fsp3) is 0.278. The van der Waals surface area contributed by atoms with E-state index in [1.807, 2.05) is 5.32 Å². The molecule has 1 atom stereocenters. The molecule has 1 unspecified atom stereocenters. The van der Waals surface area contributed by atoms with E-state index >= 15 is 4.39 Å². The zero-order valence-electron chi connectivity index (χ0n) is 15.7. The number of nitrogens with one attached hydrogen (secondary N) is 1. The molecule has 1 aliphatic rings. The van der Waals surface area contributed by atoms with E-state index in [0.29, 0.717) is 6.07 Å². The number of amidine groups is 1. The quantitative estimate of drug-likeness (QED) is 0.558. The van der Waals surface area contributed by atoms with Crippen LogP contribution in [-0.2, 0) is 9.84 Å². The molecule has 0 saturated heterocycles. The minimum Gasteiger partial charge on any atom is -0.386 e. The third-order valence-corrected chi connectivity index (χ3v) is 7.32. The Morgan fingerprint density at radius 2 is 1.87 bits per heavy atom. The molecule has 0 bridgehead atoms. The number of pyridine rings is 1. The van der Waals surface area contributed by atoms with E-state index in [9.17, 15) is 26.4 Å². The van der Waals surface area contributed by atoms with Gasteiger partial charge in [-0.3, -0.25) is 9.79 Å². The Morgan fingerprint density at radius 3 is 2.43 bits per heavy atom. The lowest BCUT2D eigenvalue weighted by atomic mass is 10.0. The molecule has 7 nitrogen and oxygen atoms in total. The highest BCUT2D eigenvalue weighted by molar-refractivity contribution is 7.93. The summed E-state index contributed by atoms with van der Waals surface area (Å²) in [4.78, 5) is 19.5. The second-order valence-corrected chi connectivity index (χ2v) is 9.67. The predicted molar refractivity (Wildman–Crippen MR) is 101 cm³/mol. The van der Waals surface area contributed by atoms with Gasteiger partial charge in [0.05, 0.1) is 29.2 Å². The van der Waals surface area contributed by atoms with Gasteiger partial charge in [-0.15, -0.1) is 0 Å². The number of amides is 1. The number of benzene rings is 1. The largest absolute Gasteiger partial charge is 0.386 e. The molecule has 3 N–H and O–H groups in total. The van der Waals surface area contributed by atoms with Crippen LogP contribution in [0.2, 0.25) is 0 Å². The van der Waals surface area contributed by atoms with Gasteiger partial charge in [-0.2, -0.15) is 0 Å². The van der Waals surface area contributed by atoms with E-state index in [4.69, 9.17) is 5.73 Å². The van der Waals surface area contributed by atoms with Gasteiger partial charge in [0.25, 0.3) is 5.91 Å². The van der Waals surface area contributed by atoms with Crippen LogP contribution >= 0.6 is 0 Å². The molecule has 1 amide bonds. The lowest BCUT2D eigenvalue weighted by Crippen LogP contribution is -2.50. The average molecular weight is 444 g/mol. The monoisotopic (exact) mass is 444 g/mol. The van der Waals surface area contributed by atoms with Crippen molar-refractivity contribution < 1.29 is 30.8 Å². The molecule has 30 heavy (non-hydrogen) atoms. The van der Waals surface area contributed by atoms with Crippen molar-refractivity contribution in [1.82, 2.24) is 4.98 Å². The van der Waals surface area contributed by atoms with E-state index in [1.165, 1.54) is 13.8 Å². The van der Waals surface area contributed by atoms with Crippen LogP contribution in [0.25, 0.3) is 0 Å². The van der Waals surface area contributed by atoms with E-state index in [2.05, 4.69) is 9.98 Å². The summed E-state index contributed by atoms with van der Waals surface area (Å²) >= 11 is 0. The van der Waals surface area contributed by atoms with Crippen molar-refractivity contribution >= 4 is 27.3 Å². The van der Waals surface area contributed by atoms with Crippen LogP contribution in [0.15, 0.2) is 29.4 Å². The first-order chi connectivity index (χ1) is 13.8. The Kier molecular flexibility index (Phi) is 5.31. The maximum absolute atomic E-state index is 15.0. The Morgan fingerprint density at radius 1 is 1.20 bits per heavy atom. The number of sulfone groups is 1. The molecule has 0 aliphatic carbocycles. The first kappa shape index (κ1) is 21.7. The molecule has 3 rings (SSSR count). The summed E-state index contributed by atoms with van der Waals surface area (Å²) in [6.45, 7) is 2.58. The molecule has 2 heterocycles. The molecule has 0 spiro atoms. The zero-order chi connectivity index (χ0) is 22.4. The normalized spacial score (nSPS) is 19.8. The second kappa shape index (κ2) is 7.35. The van der Waals surface area contributed by atoms with Crippen LogP contribution in [0, 0.1) is 23.3 Å². The third-order valence-electron chi connectivity index (χ3n) is 4.80. The predicted octanol–water partition coefficient (Wildman–Crippen LogP) is 2.50. The molecule has 0 radical (unpaired) electrons. The number of nitrogens with zero attached hydrogens (tertiary/aromatic N) is 2. The Bertz CT molecular complexity index is 1160. The van der Waals surface area contributed by atoms with Crippen molar-refractivity contribution in [1.29, 1.82) is 0 Å². The van der Waals surface area contributed by atoms with Gasteiger partial charge in [0.1, 0.15) is 22.1 Å². The van der Waals surface area contributed by atoms with Gasteiger partial charge in [-0.25, -0.2) is 31.0 Å². The Hall–Kier alpha value is -3.02. The lowest BCUT2D eigenvalue weighted by Gasteiger charge is -2.32. The fourth-order valence-electron chi connectivity index (χ4n) is 2.79. The molecule has 1 aromatic carbocycles. The van der Waals surface area contributed by atoms with Gasteiger partial charge in [-0.1, -0.05) is 0 Å². The summed E-state index contributed by atoms with van der Waals surface area (Å²) in [7, 11) is -3.98. The highest BCUT2D eigenvalue weighted by Gasteiger charge is 2.45. The van der Waals surface area contributed by atoms with E-state index in [-0.39, 0.29) is 11.5 Å². The first-order valence-corrected chi connectivity index (χ1v) is 10.2. The number of carbonyl (C=O) groups excluding carboxylic acids is 1. The van der Waals surface area contributed by atoms with Crippen LogP contribution in [-0.4, -0.2) is 35.6 Å². The standard InChI is InChI=1S/C18H16F4N4O3S/c1-18(2)17(23)26-12(7-30(18,28)29)13-14(21)9(20)5-11(15(13)22)25-16(27)10-4-3-8(19)6-24-10/h3-6,12H,7H2,1-2H3,(H2,23,26)(H,25,27). The maximum Gasteiger partial charge on any atom is 0.274 e. The number of aromatic nitrogens is 1. The van der Waals surface area contributed by atoms with Crippen molar-refractivity contribution in [2.24, 2.45) is 10.7 Å². The lowest BCUT2D eigenvalue weighted by molar-refractivity contribution is 0.102. The number of hydrogen-bond donors (Lipinski definition) is 2. The Balaban J connectivity index is 2.05. The zero-order valence-corrected chi connectivity index (χ0v) is 16.5. The van der Waals surface area contributed by atoms with Gasteiger partial charge in [0.2, 0.25) is 0 Å². The number of carbonyl (C=O) groups is 1. The summed E-state index contributed by atoms with van der Waals surface area (Å²) < 4.78 is 79.9. The van der Waals surface area contributed by atoms with Gasteiger partial charge >= 0.3 is 0 Å². The molecule has 1 aliphatic heterocycles. The molecule has 160 valence electrons. The molecule has 0 fully saturated rings. The minimum atomic E-state index is -3.98. The maximum atomic E-state index is 15.0. The minimum absolute atomic E-state index is 0.314. The molecule has 0 saturated carbocycles. The van der Waals surface area contributed by atoms with Crippen molar-refractivity contribution in [2.45, 2.75) is 24.6 Å². The van der Waals surface area contributed by atoms with Gasteiger partial charge in [0.15, 0.2) is 27.3 Å². The van der Waals surface area contributed by atoms with E-state index in [1.54, 1.807) is 0 Å². The van der Waals surface area contributed by atoms with Crippen molar-refractivity contribution in [3.05, 3.63) is 58.9 Å². The fourth-order valence-corrected chi connectivity index (χ4v) is 4.23. The third kappa shape index (κ3) is 3.62. The highest BCUT2D eigenvalue weighted by atomic mass is 32.2. The summed E-state index contributed by atoms with van der Waals surface area (Å²) in [6, 6.07) is 0.674. The van der Waals surface area contributed by atoms with Crippen molar-refractivity contribution in [3.63, 3.8) is 0 Å². The summed E-state index contributed by atoms with van der Waals surface area (Å²) in [5, 5.41) is 2.01. The van der Waals surface area contributed by atoms with Crippen LogP contribution in [0.4, 0.5) is 23.2 Å². The number of aliphatic imine (C=N–C) groups is 1.